The van der Waals surface area contributed by atoms with Crippen LogP contribution in [0.2, 0.25) is 0 Å². The maximum atomic E-state index is 9.49. The second-order valence-corrected chi connectivity index (χ2v) is 4.56. The summed E-state index contributed by atoms with van der Waals surface area (Å²) in [7, 11) is 1.56. The zero-order valence-corrected chi connectivity index (χ0v) is 11.2. The third kappa shape index (κ3) is 3.93. The Morgan fingerprint density at radius 3 is 2.65 bits per heavy atom. The Hall–Kier alpha value is -1.22. The van der Waals surface area contributed by atoms with Crippen LogP contribution in [-0.2, 0) is 6.54 Å². The molecule has 1 aromatic carbocycles. The number of phenolic OH excluding ortho intramolecular Hbond substituents is 1. The molecule has 2 unspecified atom stereocenters. The van der Waals surface area contributed by atoms with Crippen molar-refractivity contribution >= 4 is 0 Å². The van der Waals surface area contributed by atoms with Crippen LogP contribution in [0, 0.1) is 5.92 Å². The minimum Gasteiger partial charge on any atom is -0.504 e. The Bertz CT molecular complexity index is 352. The Morgan fingerprint density at radius 1 is 1.35 bits per heavy atom. The van der Waals surface area contributed by atoms with Crippen LogP contribution in [-0.4, -0.2) is 18.3 Å². The predicted octanol–water partition coefficient (Wildman–Crippen LogP) is 2.93. The highest BCUT2D eigenvalue weighted by atomic mass is 16.5. The van der Waals surface area contributed by atoms with E-state index in [0.29, 0.717) is 17.7 Å². The van der Waals surface area contributed by atoms with Gasteiger partial charge in [-0.3, -0.25) is 0 Å². The number of benzene rings is 1. The Balaban J connectivity index is 2.57. The van der Waals surface area contributed by atoms with Gasteiger partial charge in [-0.25, -0.2) is 0 Å². The summed E-state index contributed by atoms with van der Waals surface area (Å²) in [6.45, 7) is 7.44. The van der Waals surface area contributed by atoms with Crippen molar-refractivity contribution in [2.45, 2.75) is 39.8 Å². The number of methoxy groups -OCH3 is 1. The van der Waals surface area contributed by atoms with Gasteiger partial charge in [0.25, 0.3) is 0 Å². The van der Waals surface area contributed by atoms with E-state index in [0.717, 1.165) is 12.1 Å². The van der Waals surface area contributed by atoms with E-state index < -0.39 is 0 Å². The first kappa shape index (κ1) is 13.8. The maximum Gasteiger partial charge on any atom is 0.160 e. The van der Waals surface area contributed by atoms with Gasteiger partial charge in [0.1, 0.15) is 0 Å². The second-order valence-electron chi connectivity index (χ2n) is 4.56. The van der Waals surface area contributed by atoms with Gasteiger partial charge in [-0.2, -0.15) is 0 Å². The molecule has 0 radical (unpaired) electrons. The molecule has 2 atom stereocenters. The molecule has 17 heavy (non-hydrogen) atoms. The van der Waals surface area contributed by atoms with Crippen molar-refractivity contribution in [2.24, 2.45) is 5.92 Å². The third-order valence-electron chi connectivity index (χ3n) is 3.37. The molecule has 3 heteroatoms. The lowest BCUT2D eigenvalue weighted by atomic mass is 10.0. The second kappa shape index (κ2) is 6.50. The summed E-state index contributed by atoms with van der Waals surface area (Å²) in [5.74, 6) is 1.38. The summed E-state index contributed by atoms with van der Waals surface area (Å²) in [4.78, 5) is 0. The van der Waals surface area contributed by atoms with Gasteiger partial charge in [0.15, 0.2) is 11.5 Å². The van der Waals surface area contributed by atoms with Crippen molar-refractivity contribution in [1.29, 1.82) is 0 Å². The van der Waals surface area contributed by atoms with Gasteiger partial charge in [0.2, 0.25) is 0 Å². The summed E-state index contributed by atoms with van der Waals surface area (Å²) in [5, 5.41) is 13.0. The monoisotopic (exact) mass is 237 g/mol. The SMILES string of the molecule is CCC(C)C(C)NCc1ccc(O)c(OC)c1. The van der Waals surface area contributed by atoms with Crippen LogP contribution < -0.4 is 10.1 Å². The zero-order chi connectivity index (χ0) is 12.8. The molecular weight excluding hydrogens is 214 g/mol. The third-order valence-corrected chi connectivity index (χ3v) is 3.37. The fraction of sp³-hybridized carbons (Fsp3) is 0.571. The van der Waals surface area contributed by atoms with Gasteiger partial charge in [0.05, 0.1) is 7.11 Å². The van der Waals surface area contributed by atoms with Crippen LogP contribution in [0.3, 0.4) is 0 Å². The van der Waals surface area contributed by atoms with E-state index in [1.807, 2.05) is 12.1 Å². The first-order valence-electron chi connectivity index (χ1n) is 6.17. The summed E-state index contributed by atoms with van der Waals surface area (Å²) in [5.41, 5.74) is 1.12. The molecule has 0 bridgehead atoms. The lowest BCUT2D eigenvalue weighted by molar-refractivity contribution is 0.370. The molecule has 0 saturated heterocycles. The fourth-order valence-electron chi connectivity index (χ4n) is 1.67. The maximum absolute atomic E-state index is 9.49. The summed E-state index contributed by atoms with van der Waals surface area (Å²) in [6.07, 6.45) is 1.17. The summed E-state index contributed by atoms with van der Waals surface area (Å²) >= 11 is 0. The van der Waals surface area contributed by atoms with Crippen LogP contribution in [0.1, 0.15) is 32.8 Å². The molecule has 0 aliphatic carbocycles. The molecule has 0 heterocycles. The quantitative estimate of drug-likeness (QED) is 0.799. The number of ether oxygens (including phenoxy) is 1. The normalized spacial score (nSPS) is 14.4. The molecule has 1 aromatic rings. The van der Waals surface area contributed by atoms with E-state index in [2.05, 4.69) is 26.1 Å². The highest BCUT2D eigenvalue weighted by molar-refractivity contribution is 5.41. The van der Waals surface area contributed by atoms with E-state index in [4.69, 9.17) is 4.74 Å². The van der Waals surface area contributed by atoms with Gasteiger partial charge < -0.3 is 15.2 Å². The average molecular weight is 237 g/mol. The Labute approximate surface area is 104 Å². The average Bonchev–Trinajstić information content (AvgIpc) is 2.36. The molecule has 0 amide bonds. The van der Waals surface area contributed by atoms with Gasteiger partial charge in [-0.1, -0.05) is 26.3 Å². The van der Waals surface area contributed by atoms with Crippen LogP contribution in [0.5, 0.6) is 11.5 Å². The Kier molecular flexibility index (Phi) is 5.29. The molecular formula is C14H23NO2. The fourth-order valence-corrected chi connectivity index (χ4v) is 1.67. The van der Waals surface area contributed by atoms with E-state index >= 15 is 0 Å². The first-order valence-corrected chi connectivity index (χ1v) is 6.17. The molecule has 1 rings (SSSR count). The predicted molar refractivity (Wildman–Crippen MR) is 70.4 cm³/mol. The van der Waals surface area contributed by atoms with Crippen LogP contribution in [0.15, 0.2) is 18.2 Å². The number of aromatic hydroxyl groups is 1. The smallest absolute Gasteiger partial charge is 0.160 e. The van der Waals surface area contributed by atoms with E-state index in [1.54, 1.807) is 13.2 Å². The van der Waals surface area contributed by atoms with Gasteiger partial charge in [-0.15, -0.1) is 0 Å². The number of rotatable bonds is 6. The topological polar surface area (TPSA) is 41.5 Å². The lowest BCUT2D eigenvalue weighted by Gasteiger charge is -2.20. The van der Waals surface area contributed by atoms with Crippen LogP contribution in [0.4, 0.5) is 0 Å². The number of hydrogen-bond donors (Lipinski definition) is 2. The first-order chi connectivity index (χ1) is 8.08. The minimum absolute atomic E-state index is 0.186. The molecule has 0 saturated carbocycles. The van der Waals surface area contributed by atoms with Gasteiger partial charge >= 0.3 is 0 Å². The molecule has 3 nitrogen and oxygen atoms in total. The lowest BCUT2D eigenvalue weighted by Crippen LogP contribution is -2.31. The van der Waals surface area contributed by atoms with Crippen LogP contribution >= 0.6 is 0 Å². The molecule has 96 valence electrons. The van der Waals surface area contributed by atoms with Gasteiger partial charge in [0, 0.05) is 12.6 Å². The minimum atomic E-state index is 0.186. The summed E-state index contributed by atoms with van der Waals surface area (Å²) < 4.78 is 5.08. The summed E-state index contributed by atoms with van der Waals surface area (Å²) in [6, 6.07) is 5.93. The number of nitrogens with one attached hydrogen (secondary N) is 1. The molecule has 0 aromatic heterocycles. The Morgan fingerprint density at radius 2 is 2.06 bits per heavy atom. The van der Waals surface area contributed by atoms with Crippen molar-refractivity contribution in [3.8, 4) is 11.5 Å². The highest BCUT2D eigenvalue weighted by Crippen LogP contribution is 2.26. The van der Waals surface area contributed by atoms with E-state index in [9.17, 15) is 5.11 Å². The van der Waals surface area contributed by atoms with Crippen molar-refractivity contribution in [1.82, 2.24) is 5.32 Å². The van der Waals surface area contributed by atoms with E-state index in [1.165, 1.54) is 6.42 Å². The molecule has 0 fully saturated rings. The molecule has 2 N–H and O–H groups in total. The van der Waals surface area contributed by atoms with Crippen LogP contribution in [0.25, 0.3) is 0 Å². The van der Waals surface area contributed by atoms with Crippen molar-refractivity contribution in [3.05, 3.63) is 23.8 Å². The molecule has 0 aliphatic rings. The number of hydrogen-bond acceptors (Lipinski definition) is 3. The van der Waals surface area contributed by atoms with Crippen molar-refractivity contribution in [2.75, 3.05) is 7.11 Å². The van der Waals surface area contributed by atoms with Gasteiger partial charge in [-0.05, 0) is 30.5 Å². The van der Waals surface area contributed by atoms with Crippen molar-refractivity contribution in [3.63, 3.8) is 0 Å². The largest absolute Gasteiger partial charge is 0.504 e. The standard InChI is InChI=1S/C14H23NO2/c1-5-10(2)11(3)15-9-12-6-7-13(16)14(8-12)17-4/h6-8,10-11,15-16H,5,9H2,1-4H3. The molecule has 0 spiro atoms. The van der Waals surface area contributed by atoms with E-state index in [-0.39, 0.29) is 5.75 Å². The zero-order valence-electron chi connectivity index (χ0n) is 11.2. The molecule has 0 aliphatic heterocycles. The number of phenols is 1. The highest BCUT2D eigenvalue weighted by Gasteiger charge is 2.09. The van der Waals surface area contributed by atoms with Crippen molar-refractivity contribution < 1.29 is 9.84 Å².